The maximum absolute atomic E-state index is 11.0. The molecule has 2 rings (SSSR count). The lowest BCUT2D eigenvalue weighted by atomic mass is 10.1. The van der Waals surface area contributed by atoms with Gasteiger partial charge in [-0.15, -0.1) is 0 Å². The number of halogens is 1. The first-order valence-corrected chi connectivity index (χ1v) is 6.35. The van der Waals surface area contributed by atoms with Crippen LogP contribution in [0, 0.1) is 10.1 Å². The molecule has 1 aromatic carbocycles. The van der Waals surface area contributed by atoms with Crippen molar-refractivity contribution in [3.63, 3.8) is 0 Å². The van der Waals surface area contributed by atoms with E-state index in [1.54, 1.807) is 12.1 Å². The molecular formula is C12H16ClN3O2. The van der Waals surface area contributed by atoms with Crippen LogP contribution in [0.2, 0.25) is 5.02 Å². The van der Waals surface area contributed by atoms with Gasteiger partial charge in [-0.3, -0.25) is 15.0 Å². The van der Waals surface area contributed by atoms with Gasteiger partial charge in [0.2, 0.25) is 0 Å². The molecule has 1 atom stereocenters. The normalized spacial score (nSPS) is 20.9. The number of rotatable bonds is 3. The molecule has 1 saturated heterocycles. The largest absolute Gasteiger partial charge is 0.327 e. The van der Waals surface area contributed by atoms with E-state index in [9.17, 15) is 10.1 Å². The second-order valence-corrected chi connectivity index (χ2v) is 5.10. The molecule has 0 aliphatic carbocycles. The smallest absolute Gasteiger partial charge is 0.273 e. The number of benzene rings is 1. The monoisotopic (exact) mass is 269 g/mol. The summed E-state index contributed by atoms with van der Waals surface area (Å²) in [5, 5.41) is 11.5. The zero-order chi connectivity index (χ0) is 13.1. The van der Waals surface area contributed by atoms with Crippen LogP contribution in [0.3, 0.4) is 0 Å². The molecule has 1 aliphatic heterocycles. The summed E-state index contributed by atoms with van der Waals surface area (Å²) in [5.41, 5.74) is 6.68. The zero-order valence-electron chi connectivity index (χ0n) is 10.0. The molecule has 0 radical (unpaired) electrons. The van der Waals surface area contributed by atoms with Crippen molar-refractivity contribution in [2.45, 2.75) is 25.4 Å². The van der Waals surface area contributed by atoms with E-state index in [2.05, 4.69) is 4.90 Å². The first-order valence-electron chi connectivity index (χ1n) is 5.97. The predicted molar refractivity (Wildman–Crippen MR) is 70.6 cm³/mol. The fourth-order valence-electron chi connectivity index (χ4n) is 2.33. The fraction of sp³-hybridized carbons (Fsp3) is 0.500. The summed E-state index contributed by atoms with van der Waals surface area (Å²) in [6.45, 7) is 2.24. The van der Waals surface area contributed by atoms with E-state index in [0.717, 1.165) is 25.9 Å². The van der Waals surface area contributed by atoms with Crippen molar-refractivity contribution in [1.29, 1.82) is 0 Å². The Morgan fingerprint density at radius 3 is 3.00 bits per heavy atom. The number of likely N-dealkylation sites (tertiary alicyclic amines) is 1. The van der Waals surface area contributed by atoms with Crippen LogP contribution in [0.5, 0.6) is 0 Å². The third-order valence-electron chi connectivity index (χ3n) is 3.17. The highest BCUT2D eigenvalue weighted by atomic mass is 35.5. The van der Waals surface area contributed by atoms with Gasteiger partial charge in [-0.25, -0.2) is 0 Å². The third kappa shape index (κ3) is 3.19. The Morgan fingerprint density at radius 2 is 2.33 bits per heavy atom. The summed E-state index contributed by atoms with van der Waals surface area (Å²) in [6.07, 6.45) is 2.06. The second-order valence-electron chi connectivity index (χ2n) is 4.67. The molecule has 6 heteroatoms. The van der Waals surface area contributed by atoms with Crippen LogP contribution in [0.25, 0.3) is 0 Å². The van der Waals surface area contributed by atoms with Crippen LogP contribution in [-0.2, 0) is 6.54 Å². The molecule has 1 aromatic rings. The van der Waals surface area contributed by atoms with Gasteiger partial charge in [0.05, 0.1) is 4.92 Å². The predicted octanol–water partition coefficient (Wildman–Crippen LogP) is 2.17. The van der Waals surface area contributed by atoms with Gasteiger partial charge >= 0.3 is 0 Å². The highest BCUT2D eigenvalue weighted by Gasteiger charge is 2.21. The van der Waals surface area contributed by atoms with Crippen LogP contribution in [-0.4, -0.2) is 29.0 Å². The molecule has 2 N–H and O–H groups in total. The number of nitro groups is 1. The maximum Gasteiger partial charge on any atom is 0.273 e. The lowest BCUT2D eigenvalue weighted by Crippen LogP contribution is -2.42. The first-order chi connectivity index (χ1) is 8.56. The van der Waals surface area contributed by atoms with Crippen LogP contribution in [0.15, 0.2) is 18.2 Å². The SMILES string of the molecule is N[C@@H]1CCCN(Cc2cc(Cl)ccc2[N+](=O)[O-])C1. The van der Waals surface area contributed by atoms with E-state index in [4.69, 9.17) is 17.3 Å². The number of nitro benzene ring substituents is 1. The minimum absolute atomic E-state index is 0.124. The minimum atomic E-state index is -0.366. The Labute approximate surface area is 111 Å². The second kappa shape index (κ2) is 5.65. The molecule has 1 aliphatic rings. The van der Waals surface area contributed by atoms with Gasteiger partial charge in [0, 0.05) is 35.8 Å². The van der Waals surface area contributed by atoms with E-state index < -0.39 is 0 Å². The fourth-order valence-corrected chi connectivity index (χ4v) is 2.53. The van der Waals surface area contributed by atoms with Crippen LogP contribution in [0.1, 0.15) is 18.4 Å². The Hall–Kier alpha value is -1.17. The van der Waals surface area contributed by atoms with Crippen molar-refractivity contribution in [3.8, 4) is 0 Å². The van der Waals surface area contributed by atoms with Gasteiger partial charge in [-0.05, 0) is 31.5 Å². The van der Waals surface area contributed by atoms with Gasteiger partial charge in [0.1, 0.15) is 0 Å². The van der Waals surface area contributed by atoms with E-state index in [1.807, 2.05) is 0 Å². The topological polar surface area (TPSA) is 72.4 Å². The Kier molecular flexibility index (Phi) is 4.16. The van der Waals surface area contributed by atoms with Crippen molar-refractivity contribution in [2.75, 3.05) is 13.1 Å². The highest BCUT2D eigenvalue weighted by molar-refractivity contribution is 6.30. The summed E-state index contributed by atoms with van der Waals surface area (Å²) in [4.78, 5) is 12.7. The first kappa shape index (κ1) is 13.3. The summed E-state index contributed by atoms with van der Waals surface area (Å²) in [6, 6.07) is 4.84. The van der Waals surface area contributed by atoms with Gasteiger partial charge in [-0.1, -0.05) is 11.6 Å². The average Bonchev–Trinajstić information content (AvgIpc) is 2.28. The Morgan fingerprint density at radius 1 is 1.56 bits per heavy atom. The molecule has 0 unspecified atom stereocenters. The number of nitrogens with two attached hydrogens (primary N) is 1. The molecule has 18 heavy (non-hydrogen) atoms. The zero-order valence-corrected chi connectivity index (χ0v) is 10.8. The highest BCUT2D eigenvalue weighted by Crippen LogP contribution is 2.25. The third-order valence-corrected chi connectivity index (χ3v) is 3.41. The minimum Gasteiger partial charge on any atom is -0.327 e. The lowest BCUT2D eigenvalue weighted by Gasteiger charge is -2.30. The van der Waals surface area contributed by atoms with Crippen molar-refractivity contribution >= 4 is 17.3 Å². The van der Waals surface area contributed by atoms with Gasteiger partial charge in [-0.2, -0.15) is 0 Å². The summed E-state index contributed by atoms with van der Waals surface area (Å²) in [5.74, 6) is 0. The number of hydrogen-bond acceptors (Lipinski definition) is 4. The van der Waals surface area contributed by atoms with Gasteiger partial charge < -0.3 is 5.73 Å². The number of hydrogen-bond donors (Lipinski definition) is 1. The molecule has 0 amide bonds. The van der Waals surface area contributed by atoms with Crippen molar-refractivity contribution in [3.05, 3.63) is 38.9 Å². The molecule has 1 fully saturated rings. The molecule has 98 valence electrons. The summed E-state index contributed by atoms with van der Waals surface area (Å²) < 4.78 is 0. The average molecular weight is 270 g/mol. The van der Waals surface area contributed by atoms with Crippen LogP contribution in [0.4, 0.5) is 5.69 Å². The van der Waals surface area contributed by atoms with Gasteiger partial charge in [0.15, 0.2) is 0 Å². The molecule has 0 saturated carbocycles. The number of nitrogens with zero attached hydrogens (tertiary/aromatic N) is 2. The van der Waals surface area contributed by atoms with Gasteiger partial charge in [0.25, 0.3) is 5.69 Å². The lowest BCUT2D eigenvalue weighted by molar-refractivity contribution is -0.385. The van der Waals surface area contributed by atoms with Crippen molar-refractivity contribution in [2.24, 2.45) is 5.73 Å². The van der Waals surface area contributed by atoms with E-state index in [0.29, 0.717) is 17.1 Å². The van der Waals surface area contributed by atoms with Crippen molar-refractivity contribution < 1.29 is 4.92 Å². The van der Waals surface area contributed by atoms with Crippen LogP contribution >= 0.6 is 11.6 Å². The Bertz CT molecular complexity index is 453. The quantitative estimate of drug-likeness (QED) is 0.674. The standard InChI is InChI=1S/C12H16ClN3O2/c13-10-3-4-12(16(17)18)9(6-10)7-15-5-1-2-11(14)8-15/h3-4,6,11H,1-2,5,7-8,14H2/t11-/m1/s1. The van der Waals surface area contributed by atoms with E-state index in [1.165, 1.54) is 6.07 Å². The van der Waals surface area contributed by atoms with Crippen molar-refractivity contribution in [1.82, 2.24) is 4.90 Å². The van der Waals surface area contributed by atoms with E-state index >= 15 is 0 Å². The maximum atomic E-state index is 11.0. The molecule has 5 nitrogen and oxygen atoms in total. The van der Waals surface area contributed by atoms with Crippen LogP contribution < -0.4 is 5.73 Å². The molecule has 0 bridgehead atoms. The molecular weight excluding hydrogens is 254 g/mol. The molecule has 0 spiro atoms. The summed E-state index contributed by atoms with van der Waals surface area (Å²) >= 11 is 5.90. The molecule has 0 aromatic heterocycles. The van der Waals surface area contributed by atoms with E-state index in [-0.39, 0.29) is 16.7 Å². The number of piperidine rings is 1. The molecule has 1 heterocycles. The summed E-state index contributed by atoms with van der Waals surface area (Å²) in [7, 11) is 0. The Balaban J connectivity index is 2.16.